The molecule has 0 aliphatic heterocycles. The summed E-state index contributed by atoms with van der Waals surface area (Å²) in [6, 6.07) is 8.84. The van der Waals surface area contributed by atoms with E-state index in [2.05, 4.69) is 67.7 Å². The molecule has 2 rings (SSSR count). The first kappa shape index (κ1) is 17.0. The van der Waals surface area contributed by atoms with Crippen molar-refractivity contribution in [2.75, 3.05) is 6.61 Å². The van der Waals surface area contributed by atoms with Crippen LogP contribution in [0.2, 0.25) is 0 Å². The zero-order chi connectivity index (χ0) is 15.2. The standard InChI is InChI=1S/C16H19Br2NOS/c1-3-20-16-12(8-13(17)9-15(16)18)10-19-11(2)7-14-5-4-6-21-14/h4-6,8-9,11,19H,3,7,10H2,1-2H3. The maximum absolute atomic E-state index is 5.76. The van der Waals surface area contributed by atoms with Crippen molar-refractivity contribution >= 4 is 43.2 Å². The maximum Gasteiger partial charge on any atom is 0.138 e. The minimum atomic E-state index is 0.427. The van der Waals surface area contributed by atoms with Crippen molar-refractivity contribution in [1.29, 1.82) is 0 Å². The smallest absolute Gasteiger partial charge is 0.138 e. The van der Waals surface area contributed by atoms with Gasteiger partial charge in [-0.1, -0.05) is 22.0 Å². The zero-order valence-electron chi connectivity index (χ0n) is 12.2. The highest BCUT2D eigenvalue weighted by Gasteiger charge is 2.11. The van der Waals surface area contributed by atoms with Crippen LogP contribution in [0.4, 0.5) is 0 Å². The number of hydrogen-bond acceptors (Lipinski definition) is 3. The van der Waals surface area contributed by atoms with Crippen molar-refractivity contribution in [2.45, 2.75) is 32.9 Å². The topological polar surface area (TPSA) is 21.3 Å². The Balaban J connectivity index is 2.01. The van der Waals surface area contributed by atoms with Crippen LogP contribution in [0.5, 0.6) is 5.75 Å². The quantitative estimate of drug-likeness (QED) is 0.632. The van der Waals surface area contributed by atoms with Gasteiger partial charge in [-0.15, -0.1) is 11.3 Å². The Morgan fingerprint density at radius 1 is 1.33 bits per heavy atom. The molecule has 2 nitrogen and oxygen atoms in total. The monoisotopic (exact) mass is 431 g/mol. The first-order chi connectivity index (χ1) is 10.1. The highest BCUT2D eigenvalue weighted by atomic mass is 79.9. The molecule has 1 unspecified atom stereocenters. The third-order valence-corrected chi connectivity index (χ3v) is 5.05. The molecular weight excluding hydrogens is 414 g/mol. The van der Waals surface area contributed by atoms with Gasteiger partial charge in [0.1, 0.15) is 5.75 Å². The summed E-state index contributed by atoms with van der Waals surface area (Å²) in [4.78, 5) is 1.41. The average Bonchev–Trinajstić information content (AvgIpc) is 2.92. The second-order valence-electron chi connectivity index (χ2n) is 4.87. The number of nitrogens with one attached hydrogen (secondary N) is 1. The third kappa shape index (κ3) is 5.09. The van der Waals surface area contributed by atoms with Crippen molar-refractivity contribution in [3.05, 3.63) is 49.0 Å². The van der Waals surface area contributed by atoms with Crippen LogP contribution >= 0.6 is 43.2 Å². The van der Waals surface area contributed by atoms with Crippen molar-refractivity contribution < 1.29 is 4.74 Å². The molecule has 0 aliphatic carbocycles. The molecule has 0 radical (unpaired) electrons. The molecule has 1 N–H and O–H groups in total. The number of halogens is 2. The molecule has 114 valence electrons. The first-order valence-corrected chi connectivity index (χ1v) is 9.43. The van der Waals surface area contributed by atoms with Crippen LogP contribution in [0, 0.1) is 0 Å². The van der Waals surface area contributed by atoms with Crippen molar-refractivity contribution in [2.24, 2.45) is 0 Å². The largest absolute Gasteiger partial charge is 0.492 e. The van der Waals surface area contributed by atoms with Gasteiger partial charge in [-0.3, -0.25) is 0 Å². The lowest BCUT2D eigenvalue weighted by molar-refractivity contribution is 0.332. The van der Waals surface area contributed by atoms with Crippen LogP contribution in [-0.2, 0) is 13.0 Å². The van der Waals surface area contributed by atoms with E-state index in [0.717, 1.165) is 33.2 Å². The van der Waals surface area contributed by atoms with Crippen molar-refractivity contribution in [3.63, 3.8) is 0 Å². The van der Waals surface area contributed by atoms with E-state index in [1.54, 1.807) is 0 Å². The van der Waals surface area contributed by atoms with E-state index >= 15 is 0 Å². The summed E-state index contributed by atoms with van der Waals surface area (Å²) in [5.41, 5.74) is 1.16. The summed E-state index contributed by atoms with van der Waals surface area (Å²) >= 11 is 8.93. The number of thiophene rings is 1. The van der Waals surface area contributed by atoms with Gasteiger partial charge in [0.05, 0.1) is 11.1 Å². The Kier molecular flexibility index (Phi) is 6.74. The fourth-order valence-corrected chi connectivity index (χ4v) is 4.40. The van der Waals surface area contributed by atoms with Gasteiger partial charge in [0, 0.05) is 27.5 Å². The van der Waals surface area contributed by atoms with Gasteiger partial charge in [-0.05, 0) is 59.8 Å². The maximum atomic E-state index is 5.76. The molecular formula is C16H19Br2NOS. The van der Waals surface area contributed by atoms with E-state index in [9.17, 15) is 0 Å². The lowest BCUT2D eigenvalue weighted by Gasteiger charge is -2.17. The van der Waals surface area contributed by atoms with Crippen LogP contribution in [-0.4, -0.2) is 12.6 Å². The van der Waals surface area contributed by atoms with Gasteiger partial charge >= 0.3 is 0 Å². The summed E-state index contributed by atoms with van der Waals surface area (Å²) in [6.45, 7) is 5.68. The van der Waals surface area contributed by atoms with Crippen LogP contribution < -0.4 is 10.1 Å². The van der Waals surface area contributed by atoms with Gasteiger partial charge in [-0.2, -0.15) is 0 Å². The van der Waals surface area contributed by atoms with E-state index in [1.165, 1.54) is 4.88 Å². The van der Waals surface area contributed by atoms with Crippen LogP contribution in [0.15, 0.2) is 38.6 Å². The van der Waals surface area contributed by atoms with Crippen molar-refractivity contribution in [1.82, 2.24) is 5.32 Å². The highest BCUT2D eigenvalue weighted by Crippen LogP contribution is 2.33. The predicted molar refractivity (Wildman–Crippen MR) is 97.3 cm³/mol. The molecule has 0 bridgehead atoms. The Bertz CT molecular complexity index is 572. The van der Waals surface area contributed by atoms with Crippen LogP contribution in [0.25, 0.3) is 0 Å². The number of rotatable bonds is 7. The molecule has 1 heterocycles. The molecule has 2 aromatic rings. The second kappa shape index (κ2) is 8.32. The lowest BCUT2D eigenvalue weighted by atomic mass is 10.1. The Morgan fingerprint density at radius 2 is 2.14 bits per heavy atom. The first-order valence-electron chi connectivity index (χ1n) is 6.96. The van der Waals surface area contributed by atoms with Crippen LogP contribution in [0.3, 0.4) is 0 Å². The summed E-state index contributed by atoms with van der Waals surface area (Å²) in [6.07, 6.45) is 1.05. The van der Waals surface area contributed by atoms with Gasteiger partial charge in [0.25, 0.3) is 0 Å². The fraction of sp³-hybridized carbons (Fsp3) is 0.375. The summed E-state index contributed by atoms with van der Waals surface area (Å²) in [5.74, 6) is 0.927. The van der Waals surface area contributed by atoms with E-state index in [-0.39, 0.29) is 0 Å². The summed E-state index contributed by atoms with van der Waals surface area (Å²) in [5, 5.41) is 5.70. The zero-order valence-corrected chi connectivity index (χ0v) is 16.1. The van der Waals surface area contributed by atoms with Gasteiger partial charge in [-0.25, -0.2) is 0 Å². The number of ether oxygens (including phenoxy) is 1. The van der Waals surface area contributed by atoms with E-state index < -0.39 is 0 Å². The minimum absolute atomic E-state index is 0.427. The molecule has 0 amide bonds. The fourth-order valence-electron chi connectivity index (χ4n) is 2.14. The molecule has 1 aromatic carbocycles. The second-order valence-corrected chi connectivity index (χ2v) is 7.68. The van der Waals surface area contributed by atoms with E-state index in [0.29, 0.717) is 12.6 Å². The molecule has 1 atom stereocenters. The Labute approximate surface area is 147 Å². The van der Waals surface area contributed by atoms with Gasteiger partial charge in [0.2, 0.25) is 0 Å². The predicted octanol–water partition coefficient (Wildman–Crippen LogP) is 5.39. The van der Waals surface area contributed by atoms with E-state index in [4.69, 9.17) is 4.74 Å². The SMILES string of the molecule is CCOc1c(Br)cc(Br)cc1CNC(C)Cc1cccs1. The lowest BCUT2D eigenvalue weighted by Crippen LogP contribution is -2.27. The van der Waals surface area contributed by atoms with Gasteiger partial charge < -0.3 is 10.1 Å². The van der Waals surface area contributed by atoms with Gasteiger partial charge in [0.15, 0.2) is 0 Å². The minimum Gasteiger partial charge on any atom is -0.492 e. The normalized spacial score (nSPS) is 12.4. The Morgan fingerprint density at radius 3 is 2.81 bits per heavy atom. The molecule has 0 fully saturated rings. The highest BCUT2D eigenvalue weighted by molar-refractivity contribution is 9.11. The average molecular weight is 433 g/mol. The summed E-state index contributed by atoms with van der Waals surface area (Å²) < 4.78 is 7.80. The molecule has 0 aliphatic rings. The summed E-state index contributed by atoms with van der Waals surface area (Å²) in [7, 11) is 0. The molecule has 0 saturated heterocycles. The Hall–Kier alpha value is -0.360. The van der Waals surface area contributed by atoms with Crippen LogP contribution in [0.1, 0.15) is 24.3 Å². The third-order valence-electron chi connectivity index (χ3n) is 3.10. The van der Waals surface area contributed by atoms with E-state index in [1.807, 2.05) is 24.3 Å². The molecule has 5 heteroatoms. The number of benzene rings is 1. The number of hydrogen-bond donors (Lipinski definition) is 1. The molecule has 0 saturated carbocycles. The molecule has 0 spiro atoms. The van der Waals surface area contributed by atoms with Crippen molar-refractivity contribution in [3.8, 4) is 5.75 Å². The molecule has 21 heavy (non-hydrogen) atoms. The molecule has 1 aromatic heterocycles.